The van der Waals surface area contributed by atoms with Crippen molar-refractivity contribution < 1.29 is 28.3 Å². The van der Waals surface area contributed by atoms with Gasteiger partial charge in [0, 0.05) is 35.4 Å². The van der Waals surface area contributed by atoms with Crippen LogP contribution in [-0.4, -0.2) is 60.7 Å². The van der Waals surface area contributed by atoms with Crippen LogP contribution in [0.15, 0.2) is 158 Å². The third kappa shape index (κ3) is 6.72. The van der Waals surface area contributed by atoms with Crippen molar-refractivity contribution in [3.8, 4) is 22.7 Å². The van der Waals surface area contributed by atoms with E-state index in [9.17, 15) is 14.7 Å². The van der Waals surface area contributed by atoms with Gasteiger partial charge in [-0.1, -0.05) is 134 Å². The van der Waals surface area contributed by atoms with E-state index in [4.69, 9.17) is 36.2 Å². The minimum absolute atomic E-state index is 0.0182. The summed E-state index contributed by atoms with van der Waals surface area (Å²) in [7, 11) is 0. The molecule has 0 amide bonds. The maximum Gasteiger partial charge on any atom is 0.394 e. The highest BCUT2D eigenvalue weighted by atomic mass is 79.9. The van der Waals surface area contributed by atoms with Crippen molar-refractivity contribution in [2.45, 2.75) is 32.4 Å². The van der Waals surface area contributed by atoms with E-state index >= 15 is 0 Å². The summed E-state index contributed by atoms with van der Waals surface area (Å²) in [5.41, 5.74) is 4.74. The van der Waals surface area contributed by atoms with Crippen molar-refractivity contribution >= 4 is 56.3 Å². The van der Waals surface area contributed by atoms with Crippen molar-refractivity contribution in [1.29, 1.82) is 0 Å². The monoisotopic (exact) mass is 855 g/mol. The van der Waals surface area contributed by atoms with Gasteiger partial charge >= 0.3 is 11.9 Å². The lowest BCUT2D eigenvalue weighted by Gasteiger charge is -2.34. The molecule has 0 spiro atoms. The first-order valence-corrected chi connectivity index (χ1v) is 19.8. The second-order valence-electron chi connectivity index (χ2n) is 13.8. The first-order valence-electron chi connectivity index (χ1n) is 18.7. The standard InChI is InChI=1S/C45H36BrClN6O5/c1-3-38-48-42(47)40(44(55)56)53(38,25-26-57-29(2)54)28-30-23-24-37-36(27-30)39(46)41(58-37)34-21-13-14-22-35(34)43-49-51-52(50-43)45(31-15-7-4-8-16-31,32-17-9-5-10-18-32)33-19-11-6-12-20-33/h4-24,27H,3,25-26,28H2,1-2H3/p+1. The number of nitrogens with zero attached hydrogens (tertiary/aromatic N) is 6. The van der Waals surface area contributed by atoms with Gasteiger partial charge in [0.25, 0.3) is 5.70 Å². The molecule has 58 heavy (non-hydrogen) atoms. The molecule has 1 aliphatic heterocycles. The largest absolute Gasteiger partial charge is 0.474 e. The zero-order valence-electron chi connectivity index (χ0n) is 31.5. The molecule has 2 aromatic heterocycles. The number of amidine groups is 1. The first-order chi connectivity index (χ1) is 28.2. The highest BCUT2D eigenvalue weighted by molar-refractivity contribution is 9.10. The summed E-state index contributed by atoms with van der Waals surface area (Å²) in [6.45, 7) is 3.53. The van der Waals surface area contributed by atoms with E-state index in [-0.39, 0.29) is 35.0 Å². The zero-order chi connectivity index (χ0) is 40.4. The minimum Gasteiger partial charge on any atom is -0.474 e. The van der Waals surface area contributed by atoms with Crippen LogP contribution in [0.4, 0.5) is 0 Å². The fourth-order valence-corrected chi connectivity index (χ4v) is 8.92. The lowest BCUT2D eigenvalue weighted by atomic mass is 9.77. The third-order valence-corrected chi connectivity index (χ3v) is 11.5. The molecular weight excluding hydrogens is 820 g/mol. The van der Waals surface area contributed by atoms with Crippen LogP contribution in [0.1, 0.15) is 42.5 Å². The molecule has 7 aromatic rings. The van der Waals surface area contributed by atoms with Gasteiger partial charge in [-0.3, -0.25) is 4.79 Å². The van der Waals surface area contributed by atoms with E-state index in [0.717, 1.165) is 33.2 Å². The van der Waals surface area contributed by atoms with Gasteiger partial charge in [-0.2, -0.15) is 4.99 Å². The number of fused-ring (bicyclic) bond motifs is 1. The summed E-state index contributed by atoms with van der Waals surface area (Å²) in [5.74, 6) is -0.128. The van der Waals surface area contributed by atoms with Gasteiger partial charge in [-0.25, -0.2) is 9.28 Å². The number of ether oxygens (including phenoxy) is 1. The number of hydrogen-bond acceptors (Lipinski definition) is 8. The molecule has 0 bridgehead atoms. The van der Waals surface area contributed by atoms with Crippen molar-refractivity contribution in [2.24, 2.45) is 4.99 Å². The van der Waals surface area contributed by atoms with Crippen LogP contribution in [0.2, 0.25) is 0 Å². The highest BCUT2D eigenvalue weighted by Crippen LogP contribution is 2.44. The minimum atomic E-state index is -1.19. The van der Waals surface area contributed by atoms with Crippen molar-refractivity contribution in [1.82, 2.24) is 20.2 Å². The van der Waals surface area contributed by atoms with Gasteiger partial charge in [-0.15, -0.1) is 15.0 Å². The van der Waals surface area contributed by atoms with Gasteiger partial charge in [0.2, 0.25) is 16.8 Å². The molecule has 0 fully saturated rings. The Hall–Kier alpha value is -6.21. The second-order valence-corrected chi connectivity index (χ2v) is 15.0. The molecule has 1 aliphatic rings. The zero-order valence-corrected chi connectivity index (χ0v) is 33.9. The van der Waals surface area contributed by atoms with Crippen LogP contribution in [0.5, 0.6) is 0 Å². The Bertz CT molecular complexity index is 2620. The number of carboxylic acid groups (broad SMARTS) is 1. The van der Waals surface area contributed by atoms with Gasteiger partial charge in [0.15, 0.2) is 5.54 Å². The number of aromatic nitrogens is 4. The van der Waals surface area contributed by atoms with Gasteiger partial charge in [-0.05, 0) is 56.0 Å². The summed E-state index contributed by atoms with van der Waals surface area (Å²) in [6.07, 6.45) is 0.438. The number of halogens is 2. The SMILES string of the molecule is CCC1=NC(Cl)=C(C(=O)O)[N+]1(CCOC(C)=O)Cc1ccc2oc(-c3ccccc3-c3nnn(C(c4ccccc4)(c4ccccc4)c4ccccc4)n3)c(Br)c2c1. The van der Waals surface area contributed by atoms with E-state index in [1.54, 1.807) is 4.80 Å². The molecule has 0 aliphatic carbocycles. The Morgan fingerprint density at radius 3 is 2.02 bits per heavy atom. The molecule has 0 radical (unpaired) electrons. The molecule has 8 rings (SSSR count). The quantitative estimate of drug-likeness (QED) is 0.0525. The van der Waals surface area contributed by atoms with Gasteiger partial charge in [0.1, 0.15) is 31.0 Å². The van der Waals surface area contributed by atoms with Crippen LogP contribution >= 0.6 is 27.5 Å². The number of furan rings is 1. The molecule has 3 heterocycles. The maximum atomic E-state index is 12.6. The first kappa shape index (κ1) is 38.7. The molecule has 1 atom stereocenters. The molecular formula is C45H37BrClN6O5+. The number of tetrazole rings is 1. The Morgan fingerprint density at radius 1 is 0.862 bits per heavy atom. The molecule has 11 nitrogen and oxygen atoms in total. The predicted molar refractivity (Wildman–Crippen MR) is 224 cm³/mol. The Kier molecular flexibility index (Phi) is 10.6. The summed E-state index contributed by atoms with van der Waals surface area (Å²) in [5, 5.41) is 25.6. The van der Waals surface area contributed by atoms with Gasteiger partial charge < -0.3 is 14.3 Å². The number of esters is 1. The van der Waals surface area contributed by atoms with E-state index in [2.05, 4.69) is 57.3 Å². The van der Waals surface area contributed by atoms with Crippen LogP contribution in [0.25, 0.3) is 33.7 Å². The number of aliphatic imine (C=N–C) groups is 1. The van der Waals surface area contributed by atoms with Crippen LogP contribution in [0.3, 0.4) is 0 Å². The van der Waals surface area contributed by atoms with E-state index in [0.29, 0.717) is 39.5 Å². The topological polar surface area (TPSA) is 133 Å². The van der Waals surface area contributed by atoms with E-state index in [1.807, 2.05) is 104 Å². The molecule has 13 heteroatoms. The Balaban J connectivity index is 1.21. The summed E-state index contributed by atoms with van der Waals surface area (Å²) in [6, 6.07) is 43.9. The molecule has 1 N–H and O–H groups in total. The average Bonchev–Trinajstić information content (AvgIpc) is 3.93. The van der Waals surface area contributed by atoms with Crippen LogP contribution in [0, 0.1) is 0 Å². The lowest BCUT2D eigenvalue weighted by molar-refractivity contribution is -0.812. The molecule has 0 saturated heterocycles. The molecule has 5 aromatic carbocycles. The summed E-state index contributed by atoms with van der Waals surface area (Å²) in [4.78, 5) is 30.5. The van der Waals surface area contributed by atoms with Crippen LogP contribution in [-0.2, 0) is 26.4 Å². The number of rotatable bonds is 13. The number of benzene rings is 5. The van der Waals surface area contributed by atoms with Gasteiger partial charge in [0.05, 0.1) is 4.47 Å². The van der Waals surface area contributed by atoms with E-state index < -0.39 is 17.5 Å². The average molecular weight is 857 g/mol. The fraction of sp³-hybridized carbons (Fsp3) is 0.156. The normalized spacial score (nSPS) is 15.5. The second kappa shape index (κ2) is 16.0. The van der Waals surface area contributed by atoms with Crippen LogP contribution < -0.4 is 0 Å². The lowest BCUT2D eigenvalue weighted by Crippen LogP contribution is -2.53. The summed E-state index contributed by atoms with van der Waals surface area (Å²) < 4.78 is 12.3. The fourth-order valence-electron chi connectivity index (χ4n) is 7.98. The smallest absolute Gasteiger partial charge is 0.394 e. The maximum absolute atomic E-state index is 12.6. The third-order valence-electron chi connectivity index (χ3n) is 10.5. The number of quaternary nitrogens is 1. The number of carbonyl (C=O) groups is 2. The molecule has 0 saturated carbocycles. The van der Waals surface area contributed by atoms with Crippen molar-refractivity contribution in [3.05, 3.63) is 171 Å². The Labute approximate surface area is 347 Å². The summed E-state index contributed by atoms with van der Waals surface area (Å²) >= 11 is 10.3. The molecule has 1 unspecified atom stereocenters. The van der Waals surface area contributed by atoms with Crippen molar-refractivity contribution in [2.75, 3.05) is 13.2 Å². The number of hydrogen-bond donors (Lipinski definition) is 1. The van der Waals surface area contributed by atoms with Crippen molar-refractivity contribution in [3.63, 3.8) is 0 Å². The molecule has 290 valence electrons. The number of aliphatic carboxylic acids is 1. The highest BCUT2D eigenvalue weighted by Gasteiger charge is 2.49. The Morgan fingerprint density at radius 2 is 1.45 bits per heavy atom. The predicted octanol–water partition coefficient (Wildman–Crippen LogP) is 9.55. The van der Waals surface area contributed by atoms with E-state index in [1.165, 1.54) is 6.92 Å². The number of carbonyl (C=O) groups excluding carboxylic acids is 1. The number of carboxylic acids is 1.